The fourth-order valence-electron chi connectivity index (χ4n) is 1.96. The maximum absolute atomic E-state index is 11.8. The van der Waals surface area contributed by atoms with E-state index in [4.69, 9.17) is 4.52 Å². The van der Waals surface area contributed by atoms with Crippen LogP contribution in [0.1, 0.15) is 38.6 Å². The lowest BCUT2D eigenvalue weighted by Crippen LogP contribution is -2.40. The average Bonchev–Trinajstić information content (AvgIpc) is 2.83. The van der Waals surface area contributed by atoms with Crippen LogP contribution < -0.4 is 5.32 Å². The van der Waals surface area contributed by atoms with Gasteiger partial charge in [0.2, 0.25) is 17.6 Å². The molecule has 5 nitrogen and oxygen atoms in total. The van der Waals surface area contributed by atoms with Crippen LogP contribution in [-0.4, -0.2) is 21.6 Å². The zero-order valence-electron chi connectivity index (χ0n) is 12.9. The SMILES string of the molecule is Cc1cccc(-c2noc(CCC(=O)NC(C)(C)C)n2)c1. The van der Waals surface area contributed by atoms with Crippen molar-refractivity contribution in [1.82, 2.24) is 15.5 Å². The number of nitrogens with one attached hydrogen (secondary N) is 1. The number of benzene rings is 1. The summed E-state index contributed by atoms with van der Waals surface area (Å²) >= 11 is 0. The lowest BCUT2D eigenvalue weighted by molar-refractivity contribution is -0.122. The molecule has 5 heteroatoms. The van der Waals surface area contributed by atoms with E-state index in [-0.39, 0.29) is 11.4 Å². The Morgan fingerprint density at radius 1 is 1.33 bits per heavy atom. The summed E-state index contributed by atoms with van der Waals surface area (Å²) in [5.41, 5.74) is 1.84. The minimum Gasteiger partial charge on any atom is -0.351 e. The molecule has 0 saturated carbocycles. The van der Waals surface area contributed by atoms with E-state index in [1.807, 2.05) is 52.0 Å². The number of nitrogens with zero attached hydrogens (tertiary/aromatic N) is 2. The lowest BCUT2D eigenvalue weighted by atomic mass is 10.1. The van der Waals surface area contributed by atoms with Crippen LogP contribution >= 0.6 is 0 Å². The Balaban J connectivity index is 1.96. The van der Waals surface area contributed by atoms with Crippen LogP contribution in [0.15, 0.2) is 28.8 Å². The van der Waals surface area contributed by atoms with E-state index in [2.05, 4.69) is 15.5 Å². The highest BCUT2D eigenvalue weighted by atomic mass is 16.5. The molecule has 1 aromatic carbocycles. The van der Waals surface area contributed by atoms with E-state index < -0.39 is 0 Å². The van der Waals surface area contributed by atoms with Gasteiger partial charge >= 0.3 is 0 Å². The minimum atomic E-state index is -0.224. The zero-order valence-corrected chi connectivity index (χ0v) is 12.9. The fraction of sp³-hybridized carbons (Fsp3) is 0.438. The summed E-state index contributed by atoms with van der Waals surface area (Å²) < 4.78 is 5.20. The van der Waals surface area contributed by atoms with Gasteiger partial charge in [-0.3, -0.25) is 4.79 Å². The molecule has 0 spiro atoms. The summed E-state index contributed by atoms with van der Waals surface area (Å²) in [6.45, 7) is 7.87. The van der Waals surface area contributed by atoms with Gasteiger partial charge in [0, 0.05) is 23.9 Å². The van der Waals surface area contributed by atoms with E-state index in [1.54, 1.807) is 0 Å². The Hall–Kier alpha value is -2.17. The van der Waals surface area contributed by atoms with E-state index in [1.165, 1.54) is 0 Å². The largest absolute Gasteiger partial charge is 0.351 e. The van der Waals surface area contributed by atoms with Crippen molar-refractivity contribution in [2.75, 3.05) is 0 Å². The van der Waals surface area contributed by atoms with E-state index in [0.29, 0.717) is 24.6 Å². The van der Waals surface area contributed by atoms with Gasteiger partial charge in [-0.1, -0.05) is 28.9 Å². The first-order valence-electron chi connectivity index (χ1n) is 7.04. The summed E-state index contributed by atoms with van der Waals surface area (Å²) in [5.74, 6) is 1.03. The molecule has 0 atom stereocenters. The van der Waals surface area contributed by atoms with Gasteiger partial charge in [0.15, 0.2) is 0 Å². The highest BCUT2D eigenvalue weighted by molar-refractivity contribution is 5.76. The third-order valence-electron chi connectivity index (χ3n) is 2.82. The van der Waals surface area contributed by atoms with Crippen molar-refractivity contribution in [3.63, 3.8) is 0 Å². The first-order valence-corrected chi connectivity index (χ1v) is 7.04. The molecule has 0 saturated heterocycles. The summed E-state index contributed by atoms with van der Waals surface area (Å²) in [5, 5.41) is 6.87. The van der Waals surface area contributed by atoms with E-state index in [9.17, 15) is 4.79 Å². The predicted octanol–water partition coefficient (Wildman–Crippen LogP) is 2.89. The zero-order chi connectivity index (χ0) is 15.5. The fourth-order valence-corrected chi connectivity index (χ4v) is 1.96. The number of carbonyl (C=O) groups excluding carboxylic acids is 1. The number of hydrogen-bond acceptors (Lipinski definition) is 4. The van der Waals surface area contributed by atoms with Crippen molar-refractivity contribution in [3.05, 3.63) is 35.7 Å². The highest BCUT2D eigenvalue weighted by Gasteiger charge is 2.15. The molecule has 1 aromatic heterocycles. The predicted molar refractivity (Wildman–Crippen MR) is 80.7 cm³/mol. The van der Waals surface area contributed by atoms with Crippen molar-refractivity contribution in [3.8, 4) is 11.4 Å². The molecule has 0 bridgehead atoms. The standard InChI is InChI=1S/C16H21N3O2/c1-11-6-5-7-12(10-11)15-17-14(21-19-15)9-8-13(20)18-16(2,3)4/h5-7,10H,8-9H2,1-4H3,(H,18,20). The third kappa shape index (κ3) is 4.70. The van der Waals surface area contributed by atoms with E-state index in [0.717, 1.165) is 11.1 Å². The van der Waals surface area contributed by atoms with Crippen LogP contribution in [0.25, 0.3) is 11.4 Å². The number of aromatic nitrogens is 2. The Bertz CT molecular complexity index is 626. The molecule has 1 amide bonds. The molecule has 0 radical (unpaired) electrons. The molecule has 0 unspecified atom stereocenters. The second-order valence-electron chi connectivity index (χ2n) is 6.18. The van der Waals surface area contributed by atoms with Gasteiger partial charge in [0.25, 0.3) is 0 Å². The molecule has 1 heterocycles. The molecule has 21 heavy (non-hydrogen) atoms. The van der Waals surface area contributed by atoms with E-state index >= 15 is 0 Å². The number of rotatable bonds is 4. The highest BCUT2D eigenvalue weighted by Crippen LogP contribution is 2.17. The molecule has 1 N–H and O–H groups in total. The minimum absolute atomic E-state index is 0.0159. The van der Waals surface area contributed by atoms with Gasteiger partial charge in [-0.05, 0) is 33.8 Å². The second kappa shape index (κ2) is 6.08. The van der Waals surface area contributed by atoms with Crippen LogP contribution in [0.2, 0.25) is 0 Å². The van der Waals surface area contributed by atoms with Gasteiger partial charge in [0.1, 0.15) is 0 Å². The quantitative estimate of drug-likeness (QED) is 0.938. The summed E-state index contributed by atoms with van der Waals surface area (Å²) in [7, 11) is 0. The Morgan fingerprint density at radius 3 is 2.76 bits per heavy atom. The molecule has 0 fully saturated rings. The molecule has 112 valence electrons. The molecular formula is C16H21N3O2. The molecule has 0 aliphatic rings. The van der Waals surface area contributed by atoms with Gasteiger partial charge < -0.3 is 9.84 Å². The smallest absolute Gasteiger partial charge is 0.227 e. The summed E-state index contributed by atoms with van der Waals surface area (Å²) in [6, 6.07) is 7.91. The van der Waals surface area contributed by atoms with Crippen molar-refractivity contribution >= 4 is 5.91 Å². The van der Waals surface area contributed by atoms with Gasteiger partial charge in [-0.2, -0.15) is 4.98 Å². The van der Waals surface area contributed by atoms with Gasteiger partial charge in [0.05, 0.1) is 0 Å². The second-order valence-corrected chi connectivity index (χ2v) is 6.18. The Kier molecular flexibility index (Phi) is 4.40. The topological polar surface area (TPSA) is 68.0 Å². The normalized spacial score (nSPS) is 11.4. The average molecular weight is 287 g/mol. The first-order chi connectivity index (χ1) is 9.83. The van der Waals surface area contributed by atoms with Crippen molar-refractivity contribution in [2.45, 2.75) is 46.1 Å². The first kappa shape index (κ1) is 15.2. The van der Waals surface area contributed by atoms with Crippen LogP contribution in [0.4, 0.5) is 0 Å². The maximum Gasteiger partial charge on any atom is 0.227 e. The Labute approximate surface area is 124 Å². The molecule has 0 aliphatic carbocycles. The van der Waals surface area contributed by atoms with Crippen LogP contribution in [0.5, 0.6) is 0 Å². The molecular weight excluding hydrogens is 266 g/mol. The van der Waals surface area contributed by atoms with Crippen molar-refractivity contribution < 1.29 is 9.32 Å². The Morgan fingerprint density at radius 2 is 2.10 bits per heavy atom. The summed E-state index contributed by atoms with van der Waals surface area (Å²) in [6.07, 6.45) is 0.785. The number of hydrogen-bond donors (Lipinski definition) is 1. The third-order valence-corrected chi connectivity index (χ3v) is 2.82. The van der Waals surface area contributed by atoms with Crippen LogP contribution in [-0.2, 0) is 11.2 Å². The molecule has 2 rings (SSSR count). The monoisotopic (exact) mass is 287 g/mol. The van der Waals surface area contributed by atoms with Gasteiger partial charge in [-0.25, -0.2) is 0 Å². The summed E-state index contributed by atoms with van der Waals surface area (Å²) in [4.78, 5) is 16.1. The number of carbonyl (C=O) groups is 1. The van der Waals surface area contributed by atoms with Crippen LogP contribution in [0.3, 0.4) is 0 Å². The number of aryl methyl sites for hydroxylation is 2. The van der Waals surface area contributed by atoms with Crippen molar-refractivity contribution in [1.29, 1.82) is 0 Å². The number of amides is 1. The molecule has 2 aromatic rings. The molecule has 0 aliphatic heterocycles. The van der Waals surface area contributed by atoms with Crippen LogP contribution in [0, 0.1) is 6.92 Å². The van der Waals surface area contributed by atoms with Gasteiger partial charge in [-0.15, -0.1) is 0 Å². The maximum atomic E-state index is 11.8. The lowest BCUT2D eigenvalue weighted by Gasteiger charge is -2.20. The van der Waals surface area contributed by atoms with Crippen molar-refractivity contribution in [2.24, 2.45) is 0 Å².